The monoisotopic (exact) mass is 1280 g/mol. The number of pyridine rings is 2. The Bertz CT molecular complexity index is 3710. The van der Waals surface area contributed by atoms with E-state index in [1.165, 1.54) is 53.8 Å². The minimum Gasteiger partial charge on any atom is -0.480 e. The molecule has 428 valence electrons. The molecule has 4 N–H and O–H groups in total. The van der Waals surface area contributed by atoms with Crippen LogP contribution < -0.4 is 25.4 Å². The van der Waals surface area contributed by atoms with Gasteiger partial charge in [0.05, 0.1) is 59.8 Å². The molecule has 0 bridgehead atoms. The van der Waals surface area contributed by atoms with E-state index in [2.05, 4.69) is 87.9 Å². The molecule has 23 nitrogen and oxygen atoms in total. The van der Waals surface area contributed by atoms with Crippen molar-refractivity contribution in [3.05, 3.63) is 129 Å². The van der Waals surface area contributed by atoms with Gasteiger partial charge in [-0.1, -0.05) is 0 Å². The molecule has 2 aromatic carbocycles. The average Bonchev–Trinajstić information content (AvgIpc) is 3.74. The van der Waals surface area contributed by atoms with Gasteiger partial charge in [0.2, 0.25) is 29.5 Å². The number of nitrogens with zero attached hydrogens (tertiary/aromatic N) is 11. The summed E-state index contributed by atoms with van der Waals surface area (Å²) in [5.41, 5.74) is 2.83. The third kappa shape index (κ3) is 15.3. The number of carboxylic acid groups (broad SMARTS) is 1. The van der Waals surface area contributed by atoms with E-state index in [4.69, 9.17) is 14.6 Å². The van der Waals surface area contributed by atoms with Crippen LogP contribution in [0.5, 0.6) is 23.3 Å². The van der Waals surface area contributed by atoms with E-state index in [0.717, 1.165) is 22.4 Å². The van der Waals surface area contributed by atoms with Gasteiger partial charge in [0.1, 0.15) is 75.2 Å². The van der Waals surface area contributed by atoms with Crippen LogP contribution in [0.4, 0.5) is 29.2 Å². The maximum atomic E-state index is 14.4. The maximum absolute atomic E-state index is 14.4. The number of carboxylic acids is 1. The van der Waals surface area contributed by atoms with Crippen LogP contribution in [0.25, 0.3) is 21.8 Å². The predicted octanol–water partition coefficient (Wildman–Crippen LogP) is 8.26. The largest absolute Gasteiger partial charge is 0.480 e. The van der Waals surface area contributed by atoms with Crippen molar-refractivity contribution in [3.63, 3.8) is 0 Å². The highest BCUT2D eigenvalue weighted by molar-refractivity contribution is 9.10. The number of anilines is 2. The normalized spacial score (nSPS) is 16.2. The van der Waals surface area contributed by atoms with Gasteiger partial charge in [0.15, 0.2) is 23.2 Å². The molecule has 8 heterocycles. The molecule has 0 saturated carbocycles. The molecule has 10 rings (SSSR count). The van der Waals surface area contributed by atoms with E-state index < -0.39 is 53.8 Å². The molecular formula is C52H47Br2ClF4N14O9. The number of likely N-dealkylation sites (tertiary alicyclic amines) is 1. The zero-order chi connectivity index (χ0) is 58.2. The first-order valence-corrected chi connectivity index (χ1v) is 25.9. The Morgan fingerprint density at radius 3 is 1.59 bits per heavy atom. The Labute approximate surface area is 485 Å². The van der Waals surface area contributed by atoms with Crippen LogP contribution in [0.1, 0.15) is 59.1 Å². The lowest BCUT2D eigenvalue weighted by atomic mass is 10.1. The molecule has 3 amide bonds. The number of benzene rings is 2. The van der Waals surface area contributed by atoms with Gasteiger partial charge in [-0.15, -0.1) is 12.4 Å². The summed E-state index contributed by atoms with van der Waals surface area (Å²) in [7, 11) is 0. The van der Waals surface area contributed by atoms with Gasteiger partial charge in [0, 0.05) is 44.0 Å². The molecule has 30 heteroatoms. The third-order valence-corrected chi connectivity index (χ3v) is 13.1. The minimum absolute atomic E-state index is 0. The van der Waals surface area contributed by atoms with E-state index >= 15 is 0 Å². The van der Waals surface area contributed by atoms with E-state index in [0.29, 0.717) is 39.2 Å². The molecule has 4 atom stereocenters. The summed E-state index contributed by atoms with van der Waals surface area (Å²) in [4.78, 5) is 98.3. The Balaban J connectivity index is 0.000000195. The van der Waals surface area contributed by atoms with Gasteiger partial charge in [-0.3, -0.25) is 48.1 Å². The van der Waals surface area contributed by atoms with Gasteiger partial charge in [-0.2, -0.15) is 10.2 Å². The van der Waals surface area contributed by atoms with Crippen molar-refractivity contribution in [1.29, 1.82) is 0 Å². The lowest BCUT2D eigenvalue weighted by Crippen LogP contribution is -2.44. The number of hydrogen-bond donors (Lipinski definition) is 4. The lowest BCUT2D eigenvalue weighted by Gasteiger charge is -2.23. The number of amides is 3. The standard InChI is InChI=1S/C26H22BrF2N7O4.C16H14N4O4.C10H10BrF2N3O.ClH/c1-13-9-31-22(10-30-13)40-16-3-5-19-17(8-16)24(14(2)37)34-36(19)12-23(38)35-11-15(28)7-20(35)26(39)33-21-6-4-18(29)25(27)32-21;1-9-6-18-14(7-17-9)24-11-3-4-13-12(5-11)16(10(2)21)19-20(13)8-15(22)23;11-9-6(13)1-2-8(15-9)16-10(17)7-3-5(12)4-14-7;/h3-6,8-10,15,20H,7,11-12H2,1-2H3,(H,32,33,39);3-7H,8H2,1-2H3,(H,22,23);1-2,5,7,14H,3-4H2,(H,15,16,17);1H/t15-,20+;;5-,7+;/m1.1./s1. The van der Waals surface area contributed by atoms with Crippen molar-refractivity contribution < 1.29 is 60.9 Å². The number of aromatic nitrogens is 10. The van der Waals surface area contributed by atoms with Crippen molar-refractivity contribution in [2.45, 2.75) is 78.1 Å². The SMILES string of the molecule is CC(=O)c1nn(CC(=O)N2C[C@H](F)C[C@H]2C(=O)Nc2ccc(F)c(Br)n2)c2ccc(Oc3cnc(C)cn3)cc12.CC(=O)c1nn(CC(=O)O)c2ccc(Oc3cnc(C)cn3)cc12.Cl.O=C(Nc1ccc(F)c(Br)n1)[C@@H]1C[C@@H](F)CN1. The molecule has 82 heavy (non-hydrogen) atoms. The number of rotatable bonds is 14. The Morgan fingerprint density at radius 1 is 0.671 bits per heavy atom. The summed E-state index contributed by atoms with van der Waals surface area (Å²) in [6.45, 7) is 5.57. The second-order valence-corrected chi connectivity index (χ2v) is 19.7. The fraction of sp³-hybridized carbons (Fsp3) is 0.269. The zero-order valence-electron chi connectivity index (χ0n) is 43.4. The van der Waals surface area contributed by atoms with E-state index in [-0.39, 0.29) is 107 Å². The molecule has 0 radical (unpaired) electrons. The number of ketones is 2. The number of hydrogen-bond acceptors (Lipinski definition) is 17. The number of halogens is 7. The number of fused-ring (bicyclic) bond motifs is 2. The van der Waals surface area contributed by atoms with Crippen molar-refractivity contribution in [2.24, 2.45) is 0 Å². The van der Waals surface area contributed by atoms with Crippen LogP contribution in [0, 0.1) is 25.5 Å². The van der Waals surface area contributed by atoms with Crippen molar-refractivity contribution in [3.8, 4) is 23.3 Å². The highest BCUT2D eigenvalue weighted by atomic mass is 79.9. The molecule has 0 aliphatic carbocycles. The summed E-state index contributed by atoms with van der Waals surface area (Å²) in [6.07, 6.45) is 3.63. The molecule has 2 saturated heterocycles. The van der Waals surface area contributed by atoms with Crippen LogP contribution in [-0.4, -0.2) is 132 Å². The first kappa shape index (κ1) is 61.2. The van der Waals surface area contributed by atoms with Crippen molar-refractivity contribution in [1.82, 2.24) is 59.7 Å². The van der Waals surface area contributed by atoms with Gasteiger partial charge in [-0.25, -0.2) is 37.5 Å². The number of Topliss-reactive ketones (excluding diaryl/α,β-unsaturated/α-hetero) is 2. The number of alkyl halides is 2. The van der Waals surface area contributed by atoms with E-state index in [1.807, 2.05) is 6.92 Å². The van der Waals surface area contributed by atoms with Crippen LogP contribution >= 0.6 is 44.3 Å². The molecule has 2 fully saturated rings. The van der Waals surface area contributed by atoms with Gasteiger partial charge in [-0.05, 0) is 106 Å². The van der Waals surface area contributed by atoms with Crippen LogP contribution in [0.15, 0.2) is 94.7 Å². The number of aryl methyl sites for hydroxylation is 2. The predicted molar refractivity (Wildman–Crippen MR) is 295 cm³/mol. The first-order valence-electron chi connectivity index (χ1n) is 24.3. The second-order valence-electron chi connectivity index (χ2n) is 18.2. The highest BCUT2D eigenvalue weighted by Crippen LogP contribution is 2.30. The van der Waals surface area contributed by atoms with Crippen LogP contribution in [0.3, 0.4) is 0 Å². The third-order valence-electron chi connectivity index (χ3n) is 12.0. The molecular weight excluding hydrogens is 1240 g/mol. The molecule has 0 spiro atoms. The number of nitrogens with one attached hydrogen (secondary N) is 3. The lowest BCUT2D eigenvalue weighted by molar-refractivity contribution is -0.138. The van der Waals surface area contributed by atoms with E-state index in [9.17, 15) is 46.3 Å². The average molecular weight is 1280 g/mol. The number of carbonyl (C=O) groups is 6. The Hall–Kier alpha value is -8.41. The molecule has 6 aromatic heterocycles. The number of ether oxygens (including phenoxy) is 2. The molecule has 2 aliphatic heterocycles. The molecule has 2 aliphatic rings. The summed E-state index contributed by atoms with van der Waals surface area (Å²) >= 11 is 5.86. The van der Waals surface area contributed by atoms with Crippen LogP contribution in [-0.2, 0) is 32.3 Å². The Morgan fingerprint density at radius 2 is 1.16 bits per heavy atom. The quantitative estimate of drug-likeness (QED) is 0.0452. The second kappa shape index (κ2) is 26.9. The topological polar surface area (TPSA) is 293 Å². The minimum atomic E-state index is -1.42. The first-order chi connectivity index (χ1) is 38.6. The Kier molecular flexibility index (Phi) is 20.1. The summed E-state index contributed by atoms with van der Waals surface area (Å²) in [6, 6.07) is 13.1. The van der Waals surface area contributed by atoms with Gasteiger partial charge in [0.25, 0.3) is 0 Å². The summed E-state index contributed by atoms with van der Waals surface area (Å²) in [5, 5.41) is 26.1. The van der Waals surface area contributed by atoms with Crippen LogP contribution in [0.2, 0.25) is 0 Å². The molecule has 0 unspecified atom stereocenters. The highest BCUT2D eigenvalue weighted by Gasteiger charge is 2.40. The molecule has 8 aromatic rings. The summed E-state index contributed by atoms with van der Waals surface area (Å²) < 4.78 is 67.6. The van der Waals surface area contributed by atoms with Gasteiger partial charge >= 0.3 is 5.97 Å². The number of carbonyl (C=O) groups excluding carboxylic acids is 5. The van der Waals surface area contributed by atoms with Gasteiger partial charge < -0.3 is 35.4 Å². The van der Waals surface area contributed by atoms with Crippen molar-refractivity contribution in [2.75, 3.05) is 23.7 Å². The van der Waals surface area contributed by atoms with E-state index in [1.54, 1.807) is 55.7 Å². The number of aliphatic carboxylic acids is 1. The zero-order valence-corrected chi connectivity index (χ0v) is 47.4. The smallest absolute Gasteiger partial charge is 0.325 e. The van der Waals surface area contributed by atoms with Crippen molar-refractivity contribution >= 4 is 113 Å². The summed E-state index contributed by atoms with van der Waals surface area (Å²) in [5.74, 6) is -2.63. The maximum Gasteiger partial charge on any atom is 0.325 e. The fourth-order valence-corrected chi connectivity index (χ4v) is 8.90. The fourth-order valence-electron chi connectivity index (χ4n) is 8.26.